The molecule has 4 nitrogen and oxygen atoms in total. The highest BCUT2D eigenvalue weighted by Gasteiger charge is 2.18. The molecule has 1 saturated heterocycles. The maximum absolute atomic E-state index is 4.26. The minimum Gasteiger partial charge on any atom is -0.334 e. The van der Waals surface area contributed by atoms with Gasteiger partial charge in [-0.15, -0.1) is 0 Å². The Labute approximate surface area is 110 Å². The Morgan fingerprint density at radius 1 is 1.50 bits per heavy atom. The summed E-state index contributed by atoms with van der Waals surface area (Å²) in [5.41, 5.74) is 1.34. The van der Waals surface area contributed by atoms with Crippen molar-refractivity contribution in [2.75, 3.05) is 19.6 Å². The topological polar surface area (TPSA) is 33.1 Å². The summed E-state index contributed by atoms with van der Waals surface area (Å²) in [6.45, 7) is 10.0. The van der Waals surface area contributed by atoms with Gasteiger partial charge >= 0.3 is 0 Å². The van der Waals surface area contributed by atoms with Crippen LogP contribution in [0.4, 0.5) is 0 Å². The van der Waals surface area contributed by atoms with Crippen LogP contribution >= 0.6 is 0 Å². The normalized spacial score (nSPS) is 19.8. The molecule has 1 aromatic heterocycles. The standard InChI is InChI=1S/C14H26N4/c1-3-8-17(10-13-6-5-7-16-13)11-14-9-15-12-18(14)4-2/h9,12-13,16H,3-8,10-11H2,1-2H3. The molecule has 0 saturated carbocycles. The van der Waals surface area contributed by atoms with E-state index < -0.39 is 0 Å². The van der Waals surface area contributed by atoms with Crippen LogP contribution in [0, 0.1) is 0 Å². The molecule has 0 bridgehead atoms. The molecular formula is C14H26N4. The van der Waals surface area contributed by atoms with Crippen molar-refractivity contribution in [2.45, 2.75) is 52.2 Å². The number of nitrogens with zero attached hydrogens (tertiary/aromatic N) is 3. The molecule has 0 spiro atoms. The Hall–Kier alpha value is -0.870. The van der Waals surface area contributed by atoms with Gasteiger partial charge in [-0.25, -0.2) is 4.98 Å². The van der Waals surface area contributed by atoms with Crippen LogP contribution in [0.25, 0.3) is 0 Å². The van der Waals surface area contributed by atoms with Crippen molar-refractivity contribution in [3.63, 3.8) is 0 Å². The Kier molecular flexibility index (Phi) is 5.20. The Morgan fingerprint density at radius 2 is 2.39 bits per heavy atom. The molecule has 4 heteroatoms. The summed E-state index contributed by atoms with van der Waals surface area (Å²) in [6.07, 6.45) is 7.82. The quantitative estimate of drug-likeness (QED) is 0.802. The van der Waals surface area contributed by atoms with Crippen LogP contribution in [-0.4, -0.2) is 40.1 Å². The van der Waals surface area contributed by atoms with Crippen LogP contribution < -0.4 is 5.32 Å². The van der Waals surface area contributed by atoms with E-state index in [-0.39, 0.29) is 0 Å². The summed E-state index contributed by atoms with van der Waals surface area (Å²) in [7, 11) is 0. The highest BCUT2D eigenvalue weighted by atomic mass is 15.2. The first-order chi connectivity index (χ1) is 8.83. The summed E-state index contributed by atoms with van der Waals surface area (Å²) in [5, 5.41) is 3.59. The molecule has 1 fully saturated rings. The molecule has 1 aliphatic heterocycles. The van der Waals surface area contributed by atoms with Crippen molar-refractivity contribution in [1.82, 2.24) is 19.8 Å². The van der Waals surface area contributed by atoms with Gasteiger partial charge in [0.05, 0.1) is 12.0 Å². The monoisotopic (exact) mass is 250 g/mol. The molecule has 1 aromatic rings. The van der Waals surface area contributed by atoms with Crippen LogP contribution in [0.1, 0.15) is 38.8 Å². The lowest BCUT2D eigenvalue weighted by Gasteiger charge is -2.25. The summed E-state index contributed by atoms with van der Waals surface area (Å²) in [6, 6.07) is 0.689. The zero-order valence-electron chi connectivity index (χ0n) is 11.7. The van der Waals surface area contributed by atoms with Crippen LogP contribution in [0.2, 0.25) is 0 Å². The van der Waals surface area contributed by atoms with Crippen molar-refractivity contribution >= 4 is 0 Å². The van der Waals surface area contributed by atoms with Crippen molar-refractivity contribution in [3.05, 3.63) is 18.2 Å². The van der Waals surface area contributed by atoms with E-state index in [1.165, 1.54) is 44.6 Å². The third kappa shape index (κ3) is 3.56. The van der Waals surface area contributed by atoms with E-state index in [1.54, 1.807) is 0 Å². The van der Waals surface area contributed by atoms with E-state index >= 15 is 0 Å². The summed E-state index contributed by atoms with van der Waals surface area (Å²) in [5.74, 6) is 0. The SMILES string of the molecule is CCCN(Cc1cncn1CC)CC1CCCN1. The van der Waals surface area contributed by atoms with Crippen molar-refractivity contribution in [2.24, 2.45) is 0 Å². The molecule has 0 aromatic carbocycles. The number of hydrogen-bond acceptors (Lipinski definition) is 3. The lowest BCUT2D eigenvalue weighted by Crippen LogP contribution is -2.38. The van der Waals surface area contributed by atoms with E-state index in [0.29, 0.717) is 6.04 Å². The lowest BCUT2D eigenvalue weighted by atomic mass is 10.2. The van der Waals surface area contributed by atoms with Gasteiger partial charge in [-0.2, -0.15) is 0 Å². The molecule has 1 unspecified atom stereocenters. The molecular weight excluding hydrogens is 224 g/mol. The molecule has 18 heavy (non-hydrogen) atoms. The fourth-order valence-corrected chi connectivity index (χ4v) is 2.77. The second-order valence-electron chi connectivity index (χ2n) is 5.20. The van der Waals surface area contributed by atoms with E-state index in [0.717, 1.165) is 13.1 Å². The summed E-state index contributed by atoms with van der Waals surface area (Å²) >= 11 is 0. The van der Waals surface area contributed by atoms with Crippen molar-refractivity contribution in [3.8, 4) is 0 Å². The minimum absolute atomic E-state index is 0.689. The molecule has 2 rings (SSSR count). The Balaban J connectivity index is 1.92. The van der Waals surface area contributed by atoms with Crippen LogP contribution in [0.3, 0.4) is 0 Å². The highest BCUT2D eigenvalue weighted by molar-refractivity contribution is 4.98. The third-order valence-corrected chi connectivity index (χ3v) is 3.71. The largest absolute Gasteiger partial charge is 0.334 e. The van der Waals surface area contributed by atoms with Gasteiger partial charge in [0.2, 0.25) is 0 Å². The van der Waals surface area contributed by atoms with Gasteiger partial charge in [-0.1, -0.05) is 6.92 Å². The fourth-order valence-electron chi connectivity index (χ4n) is 2.77. The average molecular weight is 250 g/mol. The van der Waals surface area contributed by atoms with E-state index in [4.69, 9.17) is 0 Å². The first-order valence-electron chi connectivity index (χ1n) is 7.28. The Bertz CT molecular complexity index is 341. The average Bonchev–Trinajstić information content (AvgIpc) is 3.00. The first-order valence-corrected chi connectivity index (χ1v) is 7.28. The highest BCUT2D eigenvalue weighted by Crippen LogP contribution is 2.11. The molecule has 1 aliphatic rings. The predicted molar refractivity (Wildman–Crippen MR) is 74.5 cm³/mol. The van der Waals surface area contributed by atoms with Gasteiger partial charge in [0.15, 0.2) is 0 Å². The van der Waals surface area contributed by atoms with Gasteiger partial charge in [-0.3, -0.25) is 4.90 Å². The number of nitrogens with one attached hydrogen (secondary N) is 1. The van der Waals surface area contributed by atoms with Crippen molar-refractivity contribution < 1.29 is 0 Å². The number of aryl methyl sites for hydroxylation is 1. The first kappa shape index (κ1) is 13.6. The van der Waals surface area contributed by atoms with Crippen LogP contribution in [-0.2, 0) is 13.1 Å². The number of hydrogen-bond donors (Lipinski definition) is 1. The number of rotatable bonds is 7. The molecule has 1 atom stereocenters. The van der Waals surface area contributed by atoms with E-state index in [2.05, 4.69) is 33.6 Å². The molecule has 2 heterocycles. The zero-order chi connectivity index (χ0) is 12.8. The van der Waals surface area contributed by atoms with Gasteiger partial charge in [0.1, 0.15) is 0 Å². The zero-order valence-corrected chi connectivity index (χ0v) is 11.7. The van der Waals surface area contributed by atoms with E-state index in [9.17, 15) is 0 Å². The number of imidazole rings is 1. The van der Waals surface area contributed by atoms with Gasteiger partial charge < -0.3 is 9.88 Å². The minimum atomic E-state index is 0.689. The summed E-state index contributed by atoms with van der Waals surface area (Å²) in [4.78, 5) is 6.82. The molecule has 0 radical (unpaired) electrons. The number of aromatic nitrogens is 2. The smallest absolute Gasteiger partial charge is 0.0948 e. The maximum Gasteiger partial charge on any atom is 0.0948 e. The van der Waals surface area contributed by atoms with Gasteiger partial charge in [0.25, 0.3) is 0 Å². The molecule has 0 amide bonds. The summed E-state index contributed by atoms with van der Waals surface area (Å²) < 4.78 is 2.24. The molecule has 0 aliphatic carbocycles. The maximum atomic E-state index is 4.26. The lowest BCUT2D eigenvalue weighted by molar-refractivity contribution is 0.236. The van der Waals surface area contributed by atoms with Crippen LogP contribution in [0.15, 0.2) is 12.5 Å². The Morgan fingerprint density at radius 3 is 3.06 bits per heavy atom. The third-order valence-electron chi connectivity index (χ3n) is 3.71. The van der Waals surface area contributed by atoms with Gasteiger partial charge in [0, 0.05) is 31.9 Å². The molecule has 102 valence electrons. The van der Waals surface area contributed by atoms with Crippen molar-refractivity contribution in [1.29, 1.82) is 0 Å². The predicted octanol–water partition coefficient (Wildman–Crippen LogP) is 1.87. The van der Waals surface area contributed by atoms with E-state index in [1.807, 2.05) is 12.5 Å². The van der Waals surface area contributed by atoms with Gasteiger partial charge in [-0.05, 0) is 39.3 Å². The fraction of sp³-hybridized carbons (Fsp3) is 0.786. The second-order valence-corrected chi connectivity index (χ2v) is 5.20. The molecule has 1 N–H and O–H groups in total. The van der Waals surface area contributed by atoms with Crippen LogP contribution in [0.5, 0.6) is 0 Å². The second kappa shape index (κ2) is 6.90.